The van der Waals surface area contributed by atoms with Crippen LogP contribution >= 0.6 is 0 Å². The molecule has 0 unspecified atom stereocenters. The van der Waals surface area contributed by atoms with Crippen molar-refractivity contribution in [3.05, 3.63) is 211 Å². The summed E-state index contributed by atoms with van der Waals surface area (Å²) in [7, 11) is 0. The van der Waals surface area contributed by atoms with Crippen LogP contribution in [0.4, 0.5) is 0 Å². The molecule has 12 rings (SSSR count). The number of para-hydroxylation sites is 3. The Kier molecular flexibility index (Phi) is 7.27. The highest BCUT2D eigenvalue weighted by atomic mass is 15.0. The molecule has 3 heteroatoms. The number of hydrogen-bond donors (Lipinski definition) is 0. The average molecular weight is 754 g/mol. The molecule has 278 valence electrons. The fraction of sp³-hybridized carbons (Fsp3) is 0.0536. The van der Waals surface area contributed by atoms with Gasteiger partial charge in [-0.3, -0.25) is 0 Å². The molecule has 0 fully saturated rings. The molecule has 0 saturated heterocycles. The van der Waals surface area contributed by atoms with E-state index in [0.717, 1.165) is 39.5 Å². The van der Waals surface area contributed by atoms with E-state index in [-0.39, 0.29) is 5.41 Å². The van der Waals surface area contributed by atoms with Gasteiger partial charge in [0.25, 0.3) is 0 Å². The lowest BCUT2D eigenvalue weighted by Crippen LogP contribution is -2.16. The minimum Gasteiger partial charge on any atom is -0.309 e. The molecule has 0 bridgehead atoms. The summed E-state index contributed by atoms with van der Waals surface area (Å²) in [5.74, 6) is 0. The van der Waals surface area contributed by atoms with Crippen LogP contribution in [0.5, 0.6) is 0 Å². The molecule has 3 aromatic heterocycles. The molecule has 3 nitrogen and oxygen atoms in total. The highest BCUT2D eigenvalue weighted by Gasteiger charge is 2.41. The van der Waals surface area contributed by atoms with Crippen molar-refractivity contribution in [1.29, 1.82) is 0 Å². The van der Waals surface area contributed by atoms with Crippen LogP contribution in [0.3, 0.4) is 0 Å². The third-order valence-corrected chi connectivity index (χ3v) is 12.7. The van der Waals surface area contributed by atoms with Crippen LogP contribution < -0.4 is 0 Å². The van der Waals surface area contributed by atoms with E-state index in [4.69, 9.17) is 4.98 Å². The molecule has 1 aliphatic rings. The van der Waals surface area contributed by atoms with Crippen LogP contribution in [0.1, 0.15) is 25.0 Å². The fourth-order valence-corrected chi connectivity index (χ4v) is 10.1. The maximum atomic E-state index is 5.26. The Labute approximate surface area is 343 Å². The number of hydrogen-bond acceptors (Lipinski definition) is 1. The van der Waals surface area contributed by atoms with Crippen molar-refractivity contribution in [2.24, 2.45) is 0 Å². The van der Waals surface area contributed by atoms with Crippen LogP contribution in [0.15, 0.2) is 200 Å². The predicted octanol–water partition coefficient (Wildman–Crippen LogP) is 14.6. The second-order valence-electron chi connectivity index (χ2n) is 16.3. The van der Waals surface area contributed by atoms with Gasteiger partial charge in [-0.1, -0.05) is 166 Å². The molecule has 1 aliphatic carbocycles. The molecule has 0 radical (unpaired) electrons. The molecule has 3 heterocycles. The monoisotopic (exact) mass is 753 g/mol. The Bertz CT molecular complexity index is 3370. The molecule has 0 aliphatic heterocycles. The van der Waals surface area contributed by atoms with Gasteiger partial charge < -0.3 is 9.13 Å². The zero-order valence-corrected chi connectivity index (χ0v) is 32.9. The van der Waals surface area contributed by atoms with E-state index in [0.29, 0.717) is 0 Å². The van der Waals surface area contributed by atoms with Gasteiger partial charge in [-0.25, -0.2) is 4.98 Å². The minimum absolute atomic E-state index is 0.254. The Balaban J connectivity index is 1.17. The van der Waals surface area contributed by atoms with Gasteiger partial charge in [0.1, 0.15) is 0 Å². The number of rotatable bonds is 5. The minimum atomic E-state index is -0.254. The third kappa shape index (κ3) is 4.91. The van der Waals surface area contributed by atoms with Gasteiger partial charge in [0.15, 0.2) is 0 Å². The zero-order valence-electron chi connectivity index (χ0n) is 32.9. The summed E-state index contributed by atoms with van der Waals surface area (Å²) >= 11 is 0. The highest BCUT2D eigenvalue weighted by Crippen LogP contribution is 2.58. The molecular weight excluding hydrogens is 715 g/mol. The lowest BCUT2D eigenvalue weighted by molar-refractivity contribution is 0.664. The van der Waals surface area contributed by atoms with Crippen molar-refractivity contribution in [3.63, 3.8) is 0 Å². The first-order valence-electron chi connectivity index (χ1n) is 20.5. The van der Waals surface area contributed by atoms with Gasteiger partial charge in [0, 0.05) is 49.5 Å². The number of fused-ring (bicyclic) bond motifs is 12. The number of nitrogens with zero attached hydrogens (tertiary/aromatic N) is 3. The summed E-state index contributed by atoms with van der Waals surface area (Å²) in [4.78, 5) is 5.26. The summed E-state index contributed by atoms with van der Waals surface area (Å²) in [5, 5.41) is 5.13. The topological polar surface area (TPSA) is 22.8 Å². The van der Waals surface area contributed by atoms with Gasteiger partial charge in [-0.05, 0) is 81.9 Å². The van der Waals surface area contributed by atoms with Crippen molar-refractivity contribution < 1.29 is 0 Å². The smallest absolute Gasteiger partial charge is 0.0715 e. The van der Waals surface area contributed by atoms with Gasteiger partial charge >= 0.3 is 0 Å². The van der Waals surface area contributed by atoms with Gasteiger partial charge in [0.05, 0.1) is 33.5 Å². The molecule has 11 aromatic rings. The molecule has 8 aromatic carbocycles. The lowest BCUT2D eigenvalue weighted by Gasteiger charge is -2.24. The van der Waals surface area contributed by atoms with Crippen molar-refractivity contribution >= 4 is 43.6 Å². The van der Waals surface area contributed by atoms with E-state index < -0.39 is 0 Å². The predicted molar refractivity (Wildman–Crippen MR) is 247 cm³/mol. The lowest BCUT2D eigenvalue weighted by atomic mass is 9.81. The molecule has 59 heavy (non-hydrogen) atoms. The molecule has 0 atom stereocenters. The number of benzene rings is 8. The summed E-state index contributed by atoms with van der Waals surface area (Å²) in [6.07, 6.45) is 0. The van der Waals surface area contributed by atoms with E-state index in [9.17, 15) is 0 Å². The summed E-state index contributed by atoms with van der Waals surface area (Å²) in [6.45, 7) is 4.83. The Morgan fingerprint density at radius 3 is 1.56 bits per heavy atom. The molecule has 0 saturated carbocycles. The Morgan fingerprint density at radius 1 is 0.407 bits per heavy atom. The molecule has 0 spiro atoms. The van der Waals surface area contributed by atoms with Crippen LogP contribution in [-0.2, 0) is 5.41 Å². The largest absolute Gasteiger partial charge is 0.309 e. The van der Waals surface area contributed by atoms with Crippen molar-refractivity contribution in [1.82, 2.24) is 14.1 Å². The van der Waals surface area contributed by atoms with E-state index in [1.165, 1.54) is 71.4 Å². The number of aromatic nitrogens is 3. The van der Waals surface area contributed by atoms with E-state index in [1.807, 2.05) is 0 Å². The number of pyridine rings is 1. The van der Waals surface area contributed by atoms with Crippen LogP contribution in [0.25, 0.3) is 99.8 Å². The van der Waals surface area contributed by atoms with Gasteiger partial charge in [-0.15, -0.1) is 0 Å². The second-order valence-corrected chi connectivity index (χ2v) is 16.3. The van der Waals surface area contributed by atoms with E-state index in [1.54, 1.807) is 0 Å². The Hall–Kier alpha value is -7.49. The van der Waals surface area contributed by atoms with Crippen LogP contribution in [-0.4, -0.2) is 14.1 Å². The quantitative estimate of drug-likeness (QED) is 0.172. The zero-order chi connectivity index (χ0) is 39.2. The summed E-state index contributed by atoms with van der Waals surface area (Å²) in [5.41, 5.74) is 18.8. The second kappa shape index (κ2) is 12.8. The molecule has 0 N–H and O–H groups in total. The normalized spacial score (nSPS) is 13.1. The third-order valence-electron chi connectivity index (χ3n) is 12.7. The first-order valence-corrected chi connectivity index (χ1v) is 20.5. The first-order chi connectivity index (χ1) is 29.1. The van der Waals surface area contributed by atoms with E-state index >= 15 is 0 Å². The standard InChI is InChI=1S/C56H39N3/c1-56(2)45-27-15-12-24-42(45)50-51-43-25-13-16-28-48(43)58(40-22-10-5-11-23-40)54(51)52-44-26-14-17-29-49(44)59(55(52)53(50)56)41-32-30-38(31-33-41)47-35-39(36-18-6-3-7-19-36)34-46(57-47)37-20-8-4-9-21-37/h3-35H,1-2H3. The molecule has 0 amide bonds. The van der Waals surface area contributed by atoms with Gasteiger partial charge in [-0.2, -0.15) is 0 Å². The maximum absolute atomic E-state index is 5.26. The summed E-state index contributed by atoms with van der Waals surface area (Å²) in [6, 6.07) is 72.5. The highest BCUT2D eigenvalue weighted by molar-refractivity contribution is 6.32. The van der Waals surface area contributed by atoms with Gasteiger partial charge in [0.2, 0.25) is 0 Å². The Morgan fingerprint density at radius 2 is 0.898 bits per heavy atom. The van der Waals surface area contributed by atoms with Crippen LogP contribution in [0.2, 0.25) is 0 Å². The van der Waals surface area contributed by atoms with Crippen molar-refractivity contribution in [2.75, 3.05) is 0 Å². The average Bonchev–Trinajstić information content (AvgIpc) is 3.90. The molecular formula is C56H39N3. The maximum Gasteiger partial charge on any atom is 0.0715 e. The van der Waals surface area contributed by atoms with Crippen LogP contribution in [0, 0.1) is 0 Å². The summed E-state index contributed by atoms with van der Waals surface area (Å²) < 4.78 is 5.05. The van der Waals surface area contributed by atoms with E-state index in [2.05, 4.69) is 223 Å². The first kappa shape index (κ1) is 33.6. The van der Waals surface area contributed by atoms with Crippen molar-refractivity contribution in [2.45, 2.75) is 19.3 Å². The van der Waals surface area contributed by atoms with Crippen molar-refractivity contribution in [3.8, 4) is 56.1 Å². The fourth-order valence-electron chi connectivity index (χ4n) is 10.1. The SMILES string of the molecule is CC1(C)c2ccccc2-c2c1c1c(c3ccccc3n1-c1ccc(-c3cc(-c4ccccc4)cc(-c4ccccc4)n3)cc1)c1c2c2ccccc2n1-c1ccccc1.